The largest absolute Gasteiger partial charge is 0.354 e. The van der Waals surface area contributed by atoms with E-state index in [2.05, 4.69) is 17.3 Å². The van der Waals surface area contributed by atoms with Crippen LogP contribution in [0.15, 0.2) is 12.3 Å². The van der Waals surface area contributed by atoms with Crippen LogP contribution in [0.1, 0.15) is 31.9 Å². The first-order chi connectivity index (χ1) is 8.13. The van der Waals surface area contributed by atoms with E-state index in [4.69, 9.17) is 5.73 Å². The zero-order chi connectivity index (χ0) is 12.7. The van der Waals surface area contributed by atoms with E-state index in [1.807, 2.05) is 19.3 Å². The molecule has 0 unspecified atom stereocenters. The molecule has 1 heterocycles. The van der Waals surface area contributed by atoms with Gasteiger partial charge in [0.2, 0.25) is 5.91 Å². The Morgan fingerprint density at radius 3 is 3.00 bits per heavy atom. The molecule has 17 heavy (non-hydrogen) atoms. The van der Waals surface area contributed by atoms with E-state index in [0.29, 0.717) is 6.54 Å². The van der Waals surface area contributed by atoms with Crippen molar-refractivity contribution < 1.29 is 4.79 Å². The van der Waals surface area contributed by atoms with E-state index in [1.54, 1.807) is 4.68 Å². The molecule has 0 aliphatic heterocycles. The molecule has 0 aromatic carbocycles. The molecule has 0 bridgehead atoms. The normalized spacial score (nSPS) is 12.4. The first-order valence-electron chi connectivity index (χ1n) is 6.15. The lowest BCUT2D eigenvalue weighted by atomic mass is 10.1. The van der Waals surface area contributed by atoms with Crippen LogP contribution in [0, 0.1) is 0 Å². The molecule has 1 rings (SSSR count). The van der Waals surface area contributed by atoms with Crippen molar-refractivity contribution >= 4 is 5.91 Å². The van der Waals surface area contributed by atoms with Gasteiger partial charge in [-0.05, 0) is 12.5 Å². The summed E-state index contributed by atoms with van der Waals surface area (Å²) in [7, 11) is 1.88. The molecule has 5 nitrogen and oxygen atoms in total. The Kier molecular flexibility index (Phi) is 5.69. The number of aromatic nitrogens is 2. The topological polar surface area (TPSA) is 72.9 Å². The van der Waals surface area contributed by atoms with Gasteiger partial charge in [-0.2, -0.15) is 5.10 Å². The van der Waals surface area contributed by atoms with Crippen molar-refractivity contribution in [3.8, 4) is 0 Å². The Hall–Kier alpha value is -1.36. The van der Waals surface area contributed by atoms with E-state index in [0.717, 1.165) is 31.4 Å². The maximum absolute atomic E-state index is 11.6. The number of nitrogens with two attached hydrogens (primary N) is 1. The van der Waals surface area contributed by atoms with Gasteiger partial charge in [-0.15, -0.1) is 0 Å². The average molecular weight is 238 g/mol. The summed E-state index contributed by atoms with van der Waals surface area (Å²) < 4.78 is 1.75. The lowest BCUT2D eigenvalue weighted by Gasteiger charge is -2.10. The molecule has 0 fully saturated rings. The molecular weight excluding hydrogens is 216 g/mol. The molecule has 1 amide bonds. The molecule has 0 aliphatic carbocycles. The summed E-state index contributed by atoms with van der Waals surface area (Å²) in [6, 6.07) is 1.57. The van der Waals surface area contributed by atoms with Crippen molar-refractivity contribution in [3.05, 3.63) is 18.0 Å². The molecule has 1 aromatic heterocycles. The summed E-state index contributed by atoms with van der Waals surface area (Å²) in [5.41, 5.74) is 6.74. The number of nitrogens with one attached hydrogen (secondary N) is 1. The molecule has 0 saturated carbocycles. The number of carbonyl (C=O) groups is 1. The highest BCUT2D eigenvalue weighted by molar-refractivity contribution is 5.81. The van der Waals surface area contributed by atoms with E-state index >= 15 is 0 Å². The second-order valence-corrected chi connectivity index (χ2v) is 4.27. The van der Waals surface area contributed by atoms with Gasteiger partial charge in [0, 0.05) is 26.2 Å². The van der Waals surface area contributed by atoms with Gasteiger partial charge < -0.3 is 11.1 Å². The summed E-state index contributed by atoms with van der Waals surface area (Å²) in [5, 5.41) is 7.07. The molecular formula is C12H22N4O. The van der Waals surface area contributed by atoms with Gasteiger partial charge in [0.25, 0.3) is 0 Å². The van der Waals surface area contributed by atoms with Crippen LogP contribution in [0.4, 0.5) is 0 Å². The minimum absolute atomic E-state index is 0.0608. The van der Waals surface area contributed by atoms with Gasteiger partial charge in [0.1, 0.15) is 0 Å². The lowest BCUT2D eigenvalue weighted by molar-refractivity contribution is -0.122. The van der Waals surface area contributed by atoms with E-state index in [-0.39, 0.29) is 11.9 Å². The van der Waals surface area contributed by atoms with Crippen molar-refractivity contribution in [2.24, 2.45) is 12.8 Å². The Labute approximate surface area is 102 Å². The van der Waals surface area contributed by atoms with Crippen LogP contribution in [-0.4, -0.2) is 28.3 Å². The number of amides is 1. The molecule has 1 atom stereocenters. The fourth-order valence-electron chi connectivity index (χ4n) is 1.60. The van der Waals surface area contributed by atoms with Crippen LogP contribution < -0.4 is 11.1 Å². The van der Waals surface area contributed by atoms with Gasteiger partial charge in [-0.1, -0.05) is 19.8 Å². The van der Waals surface area contributed by atoms with Crippen LogP contribution in [0.3, 0.4) is 0 Å². The van der Waals surface area contributed by atoms with Crippen LogP contribution >= 0.6 is 0 Å². The highest BCUT2D eigenvalue weighted by atomic mass is 16.2. The number of rotatable bonds is 7. The molecule has 0 saturated heterocycles. The number of unbranched alkanes of at least 4 members (excludes halogenated alkanes) is 1. The Bertz CT molecular complexity index is 348. The Morgan fingerprint density at radius 2 is 2.41 bits per heavy atom. The molecule has 3 N–H and O–H groups in total. The van der Waals surface area contributed by atoms with Crippen LogP contribution in [-0.2, 0) is 18.3 Å². The summed E-state index contributed by atoms with van der Waals surface area (Å²) in [5.74, 6) is -0.0608. The predicted molar refractivity (Wildman–Crippen MR) is 67.4 cm³/mol. The summed E-state index contributed by atoms with van der Waals surface area (Å²) in [6.45, 7) is 2.68. The quantitative estimate of drug-likeness (QED) is 0.730. The lowest BCUT2D eigenvalue weighted by Crippen LogP contribution is -2.41. The smallest absolute Gasteiger partial charge is 0.236 e. The minimum Gasteiger partial charge on any atom is -0.354 e. The number of aryl methyl sites for hydroxylation is 1. The SMILES string of the molecule is CCCC[C@H](N)C(=O)NCCc1ccn(C)n1. The van der Waals surface area contributed by atoms with E-state index < -0.39 is 0 Å². The minimum atomic E-state index is -0.376. The highest BCUT2D eigenvalue weighted by Crippen LogP contribution is 1.98. The van der Waals surface area contributed by atoms with Crippen molar-refractivity contribution in [2.75, 3.05) is 6.54 Å². The zero-order valence-corrected chi connectivity index (χ0v) is 10.6. The number of hydrogen-bond acceptors (Lipinski definition) is 3. The van der Waals surface area contributed by atoms with Gasteiger partial charge >= 0.3 is 0 Å². The zero-order valence-electron chi connectivity index (χ0n) is 10.6. The maximum Gasteiger partial charge on any atom is 0.236 e. The predicted octanol–water partition coefficient (Wildman–Crippen LogP) is 0.596. The van der Waals surface area contributed by atoms with Crippen LogP contribution in [0.25, 0.3) is 0 Å². The fourth-order valence-corrected chi connectivity index (χ4v) is 1.60. The van der Waals surface area contributed by atoms with E-state index in [1.165, 1.54) is 0 Å². The molecule has 1 aromatic rings. The third-order valence-electron chi connectivity index (χ3n) is 2.65. The number of nitrogens with zero attached hydrogens (tertiary/aromatic N) is 2. The second-order valence-electron chi connectivity index (χ2n) is 4.27. The van der Waals surface area contributed by atoms with Gasteiger partial charge in [0.05, 0.1) is 11.7 Å². The number of carbonyl (C=O) groups excluding carboxylic acids is 1. The third kappa shape index (κ3) is 4.99. The highest BCUT2D eigenvalue weighted by Gasteiger charge is 2.11. The standard InChI is InChI=1S/C12H22N4O/c1-3-4-5-11(13)12(17)14-8-6-10-7-9-16(2)15-10/h7,9,11H,3-6,8,13H2,1-2H3,(H,14,17)/t11-/m0/s1. The monoisotopic (exact) mass is 238 g/mol. The van der Waals surface area contributed by atoms with E-state index in [9.17, 15) is 4.79 Å². The maximum atomic E-state index is 11.6. The molecule has 0 spiro atoms. The van der Waals surface area contributed by atoms with Gasteiger partial charge in [-0.25, -0.2) is 0 Å². The van der Waals surface area contributed by atoms with Crippen LogP contribution in [0.5, 0.6) is 0 Å². The molecule has 0 aliphatic rings. The Morgan fingerprint density at radius 1 is 1.65 bits per heavy atom. The molecule has 96 valence electrons. The van der Waals surface area contributed by atoms with Crippen molar-refractivity contribution in [1.82, 2.24) is 15.1 Å². The van der Waals surface area contributed by atoms with Crippen molar-refractivity contribution in [1.29, 1.82) is 0 Å². The summed E-state index contributed by atoms with van der Waals surface area (Å²) in [4.78, 5) is 11.6. The van der Waals surface area contributed by atoms with Crippen LogP contribution in [0.2, 0.25) is 0 Å². The average Bonchev–Trinajstić information content (AvgIpc) is 2.71. The molecule has 0 radical (unpaired) electrons. The Balaban J connectivity index is 2.19. The first kappa shape index (κ1) is 13.7. The summed E-state index contributed by atoms with van der Waals surface area (Å²) in [6.07, 6.45) is 5.45. The first-order valence-corrected chi connectivity index (χ1v) is 6.15. The molecule has 5 heteroatoms. The van der Waals surface area contributed by atoms with Crippen molar-refractivity contribution in [2.45, 2.75) is 38.6 Å². The number of hydrogen-bond donors (Lipinski definition) is 2. The third-order valence-corrected chi connectivity index (χ3v) is 2.65. The van der Waals surface area contributed by atoms with Gasteiger partial charge in [-0.3, -0.25) is 9.48 Å². The fraction of sp³-hybridized carbons (Fsp3) is 0.667. The second kappa shape index (κ2) is 7.06. The summed E-state index contributed by atoms with van der Waals surface area (Å²) >= 11 is 0. The van der Waals surface area contributed by atoms with Gasteiger partial charge in [0.15, 0.2) is 0 Å². The van der Waals surface area contributed by atoms with Crippen molar-refractivity contribution in [3.63, 3.8) is 0 Å².